The Morgan fingerprint density at radius 1 is 1.25 bits per heavy atom. The molecule has 2 rings (SSSR count). The summed E-state index contributed by atoms with van der Waals surface area (Å²) in [4.78, 5) is 12.1. The average Bonchev–Trinajstić information content (AvgIpc) is 3.07. The van der Waals surface area contributed by atoms with Crippen LogP contribution >= 0.6 is 0 Å². The van der Waals surface area contributed by atoms with Crippen LogP contribution in [0, 0.1) is 0 Å². The third-order valence-corrected chi connectivity index (χ3v) is 5.25. The Hall–Kier alpha value is -2.16. The number of benzene rings is 1. The van der Waals surface area contributed by atoms with Gasteiger partial charge in [0.25, 0.3) is 0 Å². The molecule has 0 saturated carbocycles. The summed E-state index contributed by atoms with van der Waals surface area (Å²) in [6, 6.07) is 9.65. The van der Waals surface area contributed by atoms with Crippen LogP contribution in [0.5, 0.6) is 0 Å². The van der Waals surface area contributed by atoms with Gasteiger partial charge in [-0.05, 0) is 37.3 Å². The third-order valence-electron chi connectivity index (χ3n) is 3.44. The second kappa shape index (κ2) is 7.61. The van der Waals surface area contributed by atoms with Crippen molar-refractivity contribution >= 4 is 21.6 Å². The smallest absolute Gasteiger partial charge is 0.242 e. The Morgan fingerprint density at radius 2 is 2.00 bits per heavy atom. The van der Waals surface area contributed by atoms with Gasteiger partial charge in [-0.3, -0.25) is 10.1 Å². The van der Waals surface area contributed by atoms with Gasteiger partial charge >= 0.3 is 0 Å². The van der Waals surface area contributed by atoms with Crippen LogP contribution in [0.25, 0.3) is 0 Å². The number of nitrogens with zero attached hydrogens (tertiary/aromatic N) is 1. The fourth-order valence-corrected chi connectivity index (χ4v) is 2.98. The van der Waals surface area contributed by atoms with Crippen LogP contribution in [0.3, 0.4) is 0 Å². The van der Waals surface area contributed by atoms with Gasteiger partial charge in [-0.1, -0.05) is 6.07 Å². The quantitative estimate of drug-likeness (QED) is 0.794. The summed E-state index contributed by atoms with van der Waals surface area (Å²) in [7, 11) is -0.619. The molecule has 2 aromatic rings. The Labute approximate surface area is 141 Å². The molecule has 24 heavy (non-hydrogen) atoms. The Bertz CT molecular complexity index is 785. The van der Waals surface area contributed by atoms with E-state index in [1.807, 2.05) is 13.0 Å². The summed E-state index contributed by atoms with van der Waals surface area (Å²) in [6.45, 7) is 1.96. The highest BCUT2D eigenvalue weighted by molar-refractivity contribution is 7.89. The van der Waals surface area contributed by atoms with Gasteiger partial charge < -0.3 is 9.73 Å². The first-order chi connectivity index (χ1) is 11.3. The van der Waals surface area contributed by atoms with Crippen LogP contribution in [-0.2, 0) is 14.8 Å². The van der Waals surface area contributed by atoms with Gasteiger partial charge in [-0.2, -0.15) is 0 Å². The maximum Gasteiger partial charge on any atom is 0.242 e. The first kappa shape index (κ1) is 18.2. The summed E-state index contributed by atoms with van der Waals surface area (Å²) in [5, 5.41) is 5.71. The van der Waals surface area contributed by atoms with Crippen molar-refractivity contribution in [2.24, 2.45) is 0 Å². The van der Waals surface area contributed by atoms with E-state index < -0.39 is 10.0 Å². The molecule has 1 atom stereocenters. The Kier molecular flexibility index (Phi) is 5.76. The van der Waals surface area contributed by atoms with Crippen molar-refractivity contribution in [2.45, 2.75) is 17.9 Å². The molecule has 0 spiro atoms. The average molecular weight is 351 g/mol. The second-order valence-electron chi connectivity index (χ2n) is 5.48. The minimum Gasteiger partial charge on any atom is -0.468 e. The monoisotopic (exact) mass is 351 g/mol. The van der Waals surface area contributed by atoms with E-state index in [2.05, 4.69) is 10.6 Å². The molecule has 0 aliphatic rings. The zero-order valence-electron chi connectivity index (χ0n) is 13.8. The highest BCUT2D eigenvalue weighted by Gasteiger charge is 2.17. The van der Waals surface area contributed by atoms with Crippen molar-refractivity contribution < 1.29 is 17.6 Å². The molecule has 0 aliphatic carbocycles. The minimum absolute atomic E-state index is 0.0759. The number of carbonyl (C=O) groups excluding carboxylic acids is 1. The van der Waals surface area contributed by atoms with E-state index in [4.69, 9.17) is 4.42 Å². The van der Waals surface area contributed by atoms with Gasteiger partial charge in [0.2, 0.25) is 15.9 Å². The van der Waals surface area contributed by atoms with Crippen molar-refractivity contribution in [1.29, 1.82) is 0 Å². The van der Waals surface area contributed by atoms with Crippen LogP contribution < -0.4 is 10.6 Å². The molecule has 0 bridgehead atoms. The molecular formula is C16H21N3O4S. The molecule has 0 saturated heterocycles. The molecule has 1 aromatic heterocycles. The lowest BCUT2D eigenvalue weighted by Crippen LogP contribution is -2.30. The molecular weight excluding hydrogens is 330 g/mol. The number of sulfonamides is 1. The fraction of sp³-hybridized carbons (Fsp3) is 0.312. The fourth-order valence-electron chi connectivity index (χ4n) is 2.03. The normalized spacial score (nSPS) is 13.0. The Balaban J connectivity index is 1.97. The maximum absolute atomic E-state index is 12.1. The number of hydrogen-bond acceptors (Lipinski definition) is 5. The van der Waals surface area contributed by atoms with E-state index in [0.717, 1.165) is 10.1 Å². The topological polar surface area (TPSA) is 91.7 Å². The summed E-state index contributed by atoms with van der Waals surface area (Å²) in [6.07, 6.45) is 1.57. The number of rotatable bonds is 7. The van der Waals surface area contributed by atoms with Gasteiger partial charge in [0.05, 0.1) is 23.7 Å². The van der Waals surface area contributed by atoms with Crippen LogP contribution in [-0.4, -0.2) is 39.3 Å². The van der Waals surface area contributed by atoms with Crippen LogP contribution in [0.2, 0.25) is 0 Å². The molecule has 0 fully saturated rings. The van der Waals surface area contributed by atoms with E-state index >= 15 is 0 Å². The summed E-state index contributed by atoms with van der Waals surface area (Å²) < 4.78 is 30.6. The highest BCUT2D eigenvalue weighted by atomic mass is 32.2. The summed E-state index contributed by atoms with van der Waals surface area (Å²) in [5.41, 5.74) is 0.426. The van der Waals surface area contributed by atoms with Crippen molar-refractivity contribution in [3.63, 3.8) is 0 Å². The number of furan rings is 1. The maximum atomic E-state index is 12.1. The van der Waals surface area contributed by atoms with Gasteiger partial charge in [0.15, 0.2) is 0 Å². The zero-order chi connectivity index (χ0) is 17.7. The SMILES string of the molecule is C[C@@H](NCC(=O)Nc1cccc(S(=O)(=O)N(C)C)c1)c1ccco1. The van der Waals surface area contributed by atoms with Crippen LogP contribution in [0.1, 0.15) is 18.7 Å². The van der Waals surface area contributed by atoms with Gasteiger partial charge in [-0.25, -0.2) is 12.7 Å². The van der Waals surface area contributed by atoms with Gasteiger partial charge in [0, 0.05) is 19.8 Å². The molecule has 1 heterocycles. The summed E-state index contributed by atoms with van der Waals surface area (Å²) in [5.74, 6) is 0.467. The number of nitrogens with one attached hydrogen (secondary N) is 2. The lowest BCUT2D eigenvalue weighted by molar-refractivity contribution is -0.115. The number of carbonyl (C=O) groups is 1. The van der Waals surface area contributed by atoms with Crippen molar-refractivity contribution in [2.75, 3.05) is 26.0 Å². The number of amides is 1. The van der Waals surface area contributed by atoms with E-state index in [-0.39, 0.29) is 23.4 Å². The summed E-state index contributed by atoms with van der Waals surface area (Å²) >= 11 is 0. The highest BCUT2D eigenvalue weighted by Crippen LogP contribution is 2.18. The zero-order valence-corrected chi connectivity index (χ0v) is 14.6. The molecule has 1 aromatic carbocycles. The molecule has 0 radical (unpaired) electrons. The molecule has 130 valence electrons. The largest absolute Gasteiger partial charge is 0.468 e. The van der Waals surface area contributed by atoms with Crippen molar-refractivity contribution in [3.05, 3.63) is 48.4 Å². The van der Waals surface area contributed by atoms with Crippen LogP contribution in [0.15, 0.2) is 52.0 Å². The molecule has 1 amide bonds. The van der Waals surface area contributed by atoms with Gasteiger partial charge in [-0.15, -0.1) is 0 Å². The van der Waals surface area contributed by atoms with E-state index in [0.29, 0.717) is 5.69 Å². The van der Waals surface area contributed by atoms with Gasteiger partial charge in [0.1, 0.15) is 5.76 Å². The van der Waals surface area contributed by atoms with E-state index in [1.54, 1.807) is 24.5 Å². The molecule has 0 aliphatic heterocycles. The number of hydrogen-bond donors (Lipinski definition) is 2. The predicted molar refractivity (Wildman–Crippen MR) is 91.1 cm³/mol. The second-order valence-corrected chi connectivity index (χ2v) is 7.63. The number of anilines is 1. The van der Waals surface area contributed by atoms with E-state index in [9.17, 15) is 13.2 Å². The predicted octanol–water partition coefficient (Wildman–Crippen LogP) is 1.82. The minimum atomic E-state index is -3.54. The standard InChI is InChI=1S/C16H21N3O4S/c1-12(15-8-5-9-23-15)17-11-16(20)18-13-6-4-7-14(10-13)24(21,22)19(2)3/h4-10,12,17H,11H2,1-3H3,(H,18,20)/t12-/m1/s1. The molecule has 0 unspecified atom stereocenters. The first-order valence-corrected chi connectivity index (χ1v) is 8.84. The third kappa shape index (κ3) is 4.44. The van der Waals surface area contributed by atoms with Crippen molar-refractivity contribution in [1.82, 2.24) is 9.62 Å². The lowest BCUT2D eigenvalue weighted by atomic mass is 10.2. The van der Waals surface area contributed by atoms with Crippen LogP contribution in [0.4, 0.5) is 5.69 Å². The first-order valence-electron chi connectivity index (χ1n) is 7.40. The van der Waals surface area contributed by atoms with Crippen molar-refractivity contribution in [3.8, 4) is 0 Å². The molecule has 7 nitrogen and oxygen atoms in total. The van der Waals surface area contributed by atoms with E-state index in [1.165, 1.54) is 26.2 Å². The Morgan fingerprint density at radius 3 is 2.62 bits per heavy atom. The molecule has 8 heteroatoms. The molecule has 2 N–H and O–H groups in total. The lowest BCUT2D eigenvalue weighted by Gasteiger charge is -2.14.